The van der Waals surface area contributed by atoms with Crippen molar-refractivity contribution < 1.29 is 19.0 Å². The van der Waals surface area contributed by atoms with Gasteiger partial charge in [-0.05, 0) is 26.3 Å². The molecule has 1 amide bonds. The Kier molecular flexibility index (Phi) is 8.58. The van der Waals surface area contributed by atoms with Crippen LogP contribution in [-0.2, 0) is 14.3 Å². The van der Waals surface area contributed by atoms with E-state index in [1.165, 1.54) is 0 Å². The number of unbranched alkanes of at least 4 members (excludes halogenated alkanes) is 1. The molecule has 6 heteroatoms. The lowest BCUT2D eigenvalue weighted by molar-refractivity contribution is -0.139. The molecule has 1 rings (SSSR count). The minimum absolute atomic E-state index is 0.150. The molecule has 23 heavy (non-hydrogen) atoms. The number of methoxy groups -OCH3 is 1. The highest BCUT2D eigenvalue weighted by molar-refractivity contribution is 5.96. The topological polar surface area (TPSA) is 69.7 Å². The maximum Gasteiger partial charge on any atom is 0.256 e. The van der Waals surface area contributed by atoms with Crippen LogP contribution < -0.4 is 10.1 Å². The maximum atomic E-state index is 12.5. The third-order valence-corrected chi connectivity index (χ3v) is 3.48. The van der Waals surface area contributed by atoms with Gasteiger partial charge in [0.1, 0.15) is 12.2 Å². The molecule has 6 nitrogen and oxygen atoms in total. The van der Waals surface area contributed by atoms with E-state index in [1.807, 2.05) is 13.8 Å². The molecule has 1 aromatic rings. The third kappa shape index (κ3) is 6.54. The smallest absolute Gasteiger partial charge is 0.256 e. The molecule has 130 valence electrons. The molecule has 0 saturated carbocycles. The minimum Gasteiger partial charge on any atom is -0.475 e. The SMILES string of the molecule is CCCC[C@](C)(OCC)C(=O)Nc1ccc(OCCOC)nc1. The van der Waals surface area contributed by atoms with Gasteiger partial charge in [-0.2, -0.15) is 0 Å². The predicted octanol–water partition coefficient (Wildman–Crippen LogP) is 3.03. The van der Waals surface area contributed by atoms with Crippen LogP contribution in [0.15, 0.2) is 18.3 Å². The number of anilines is 1. The lowest BCUT2D eigenvalue weighted by atomic mass is 9.97. The molecular formula is C17H28N2O4. The van der Waals surface area contributed by atoms with Gasteiger partial charge in [0, 0.05) is 19.8 Å². The highest BCUT2D eigenvalue weighted by Gasteiger charge is 2.33. The first-order valence-corrected chi connectivity index (χ1v) is 8.09. The number of amides is 1. The zero-order valence-electron chi connectivity index (χ0n) is 14.6. The van der Waals surface area contributed by atoms with Crippen molar-refractivity contribution in [3.63, 3.8) is 0 Å². The largest absolute Gasteiger partial charge is 0.475 e. The number of aromatic nitrogens is 1. The molecule has 0 aromatic carbocycles. The van der Waals surface area contributed by atoms with Crippen LogP contribution in [0.25, 0.3) is 0 Å². The van der Waals surface area contributed by atoms with E-state index in [2.05, 4.69) is 17.2 Å². The standard InChI is InChI=1S/C17H28N2O4/c1-5-7-10-17(3,23-6-2)16(20)19-14-8-9-15(18-13-14)22-12-11-21-4/h8-9,13H,5-7,10-12H2,1-4H3,(H,19,20)/t17-/m0/s1. The maximum absolute atomic E-state index is 12.5. The van der Waals surface area contributed by atoms with Gasteiger partial charge in [0.15, 0.2) is 0 Å². The molecule has 1 atom stereocenters. The second kappa shape index (κ2) is 10.2. The van der Waals surface area contributed by atoms with Crippen LogP contribution in [0.4, 0.5) is 5.69 Å². The summed E-state index contributed by atoms with van der Waals surface area (Å²) in [5.74, 6) is 0.348. The van der Waals surface area contributed by atoms with Crippen LogP contribution in [0.5, 0.6) is 5.88 Å². The number of nitrogens with zero attached hydrogens (tertiary/aromatic N) is 1. The van der Waals surface area contributed by atoms with Gasteiger partial charge in [-0.15, -0.1) is 0 Å². The van der Waals surface area contributed by atoms with Gasteiger partial charge in [-0.25, -0.2) is 4.98 Å². The first-order valence-electron chi connectivity index (χ1n) is 8.09. The van der Waals surface area contributed by atoms with Crippen molar-refractivity contribution in [2.24, 2.45) is 0 Å². The molecule has 0 aliphatic rings. The number of rotatable bonds is 11. The van der Waals surface area contributed by atoms with Crippen LogP contribution in [0, 0.1) is 0 Å². The molecule has 1 N–H and O–H groups in total. The fourth-order valence-corrected chi connectivity index (χ4v) is 2.12. The number of hydrogen-bond donors (Lipinski definition) is 1. The Balaban J connectivity index is 2.63. The van der Waals surface area contributed by atoms with Crippen molar-refractivity contribution in [2.75, 3.05) is 32.2 Å². The summed E-state index contributed by atoms with van der Waals surface area (Å²) in [6, 6.07) is 3.48. The van der Waals surface area contributed by atoms with Gasteiger partial charge in [0.2, 0.25) is 5.88 Å². The molecule has 0 radical (unpaired) electrons. The Morgan fingerprint density at radius 1 is 1.30 bits per heavy atom. The third-order valence-electron chi connectivity index (χ3n) is 3.48. The number of pyridine rings is 1. The van der Waals surface area contributed by atoms with Crippen molar-refractivity contribution >= 4 is 11.6 Å². The molecule has 0 aliphatic carbocycles. The normalized spacial score (nSPS) is 13.4. The van der Waals surface area contributed by atoms with Gasteiger partial charge < -0.3 is 19.5 Å². The van der Waals surface area contributed by atoms with Crippen molar-refractivity contribution in [2.45, 2.75) is 45.6 Å². The van der Waals surface area contributed by atoms with Gasteiger partial charge in [-0.3, -0.25) is 4.79 Å². The minimum atomic E-state index is -0.821. The quantitative estimate of drug-likeness (QED) is 0.634. The molecular weight excluding hydrogens is 296 g/mol. The average Bonchev–Trinajstić information content (AvgIpc) is 2.55. The zero-order chi connectivity index (χ0) is 17.1. The number of carbonyl (C=O) groups is 1. The fraction of sp³-hybridized carbons (Fsp3) is 0.647. The average molecular weight is 324 g/mol. The van der Waals surface area contributed by atoms with Crippen LogP contribution in [0.1, 0.15) is 40.0 Å². The Morgan fingerprint density at radius 2 is 2.09 bits per heavy atom. The highest BCUT2D eigenvalue weighted by Crippen LogP contribution is 2.22. The summed E-state index contributed by atoms with van der Waals surface area (Å²) in [5.41, 5.74) is -0.199. The lowest BCUT2D eigenvalue weighted by Crippen LogP contribution is -2.42. The van der Waals surface area contributed by atoms with Crippen LogP contribution in [-0.4, -0.2) is 43.4 Å². The van der Waals surface area contributed by atoms with Crippen molar-refractivity contribution in [1.82, 2.24) is 4.98 Å². The van der Waals surface area contributed by atoms with Crippen molar-refractivity contribution in [1.29, 1.82) is 0 Å². The highest BCUT2D eigenvalue weighted by atomic mass is 16.5. The van der Waals surface area contributed by atoms with Gasteiger partial charge in [-0.1, -0.05) is 19.8 Å². The Labute approximate surface area is 138 Å². The molecule has 1 aromatic heterocycles. The number of carbonyl (C=O) groups excluding carboxylic acids is 1. The van der Waals surface area contributed by atoms with E-state index in [0.29, 0.717) is 37.8 Å². The Bertz CT molecular complexity index is 464. The number of ether oxygens (including phenoxy) is 3. The van der Waals surface area contributed by atoms with E-state index >= 15 is 0 Å². The van der Waals surface area contributed by atoms with Crippen molar-refractivity contribution in [3.05, 3.63) is 18.3 Å². The summed E-state index contributed by atoms with van der Waals surface area (Å²) < 4.78 is 16.0. The Morgan fingerprint density at radius 3 is 2.65 bits per heavy atom. The molecule has 0 fully saturated rings. The van der Waals surface area contributed by atoms with Gasteiger partial charge in [0.25, 0.3) is 5.91 Å². The molecule has 0 saturated heterocycles. The van der Waals surface area contributed by atoms with E-state index < -0.39 is 5.60 Å². The predicted molar refractivity (Wildman–Crippen MR) is 89.8 cm³/mol. The summed E-state index contributed by atoms with van der Waals surface area (Å²) in [6.45, 7) is 7.26. The monoisotopic (exact) mass is 324 g/mol. The van der Waals surface area contributed by atoms with Crippen LogP contribution in [0.3, 0.4) is 0 Å². The molecule has 0 bridgehead atoms. The van der Waals surface area contributed by atoms with Crippen LogP contribution >= 0.6 is 0 Å². The Hall–Kier alpha value is -1.66. The molecule has 0 unspecified atom stereocenters. The summed E-state index contributed by atoms with van der Waals surface area (Å²) in [6.07, 6.45) is 4.22. The molecule has 0 spiro atoms. The van der Waals surface area contributed by atoms with Crippen LogP contribution in [0.2, 0.25) is 0 Å². The number of hydrogen-bond acceptors (Lipinski definition) is 5. The number of nitrogens with one attached hydrogen (secondary N) is 1. The van der Waals surface area contributed by atoms with Gasteiger partial charge >= 0.3 is 0 Å². The second-order valence-corrected chi connectivity index (χ2v) is 5.45. The zero-order valence-corrected chi connectivity index (χ0v) is 14.6. The molecule has 0 aliphatic heterocycles. The first-order chi connectivity index (χ1) is 11.1. The van der Waals surface area contributed by atoms with Crippen molar-refractivity contribution in [3.8, 4) is 5.88 Å². The first kappa shape index (κ1) is 19.4. The summed E-state index contributed by atoms with van der Waals surface area (Å²) in [4.78, 5) is 16.7. The van der Waals surface area contributed by atoms with E-state index in [-0.39, 0.29) is 5.91 Å². The second-order valence-electron chi connectivity index (χ2n) is 5.45. The summed E-state index contributed by atoms with van der Waals surface area (Å²) in [7, 11) is 1.61. The van der Waals surface area contributed by atoms with E-state index in [4.69, 9.17) is 14.2 Å². The van der Waals surface area contributed by atoms with Gasteiger partial charge in [0.05, 0.1) is 18.5 Å². The van der Waals surface area contributed by atoms with E-state index in [1.54, 1.807) is 25.4 Å². The van der Waals surface area contributed by atoms with E-state index in [0.717, 1.165) is 12.8 Å². The lowest BCUT2D eigenvalue weighted by Gasteiger charge is -2.28. The summed E-state index contributed by atoms with van der Waals surface area (Å²) in [5, 5.41) is 2.86. The van der Waals surface area contributed by atoms with E-state index in [9.17, 15) is 4.79 Å². The molecule has 1 heterocycles. The fourth-order valence-electron chi connectivity index (χ4n) is 2.12. The summed E-state index contributed by atoms with van der Waals surface area (Å²) >= 11 is 0.